The number of carbonyl (C=O) groups is 1. The van der Waals surface area contributed by atoms with Gasteiger partial charge in [-0.15, -0.1) is 0 Å². The van der Waals surface area contributed by atoms with E-state index < -0.39 is 0 Å². The molecule has 23 heavy (non-hydrogen) atoms. The second-order valence-electron chi connectivity index (χ2n) is 5.78. The fraction of sp³-hybridized carbons (Fsp3) is 0.278. The monoisotopic (exact) mass is 349 g/mol. The fourth-order valence-electron chi connectivity index (χ4n) is 2.72. The van der Waals surface area contributed by atoms with E-state index in [1.807, 2.05) is 25.2 Å². The zero-order chi connectivity index (χ0) is 16.4. The van der Waals surface area contributed by atoms with E-state index in [2.05, 4.69) is 4.90 Å². The second kappa shape index (κ2) is 6.91. The van der Waals surface area contributed by atoms with Gasteiger partial charge in [0.25, 0.3) is 0 Å². The number of halogens is 2. The molecular formula is C18H17Cl2NO2. The second-order valence-corrected chi connectivity index (χ2v) is 6.62. The molecule has 0 spiro atoms. The molecular weight excluding hydrogens is 333 g/mol. The van der Waals surface area contributed by atoms with Gasteiger partial charge in [0.15, 0.2) is 0 Å². The number of hydrogen-bond acceptors (Lipinski definition) is 3. The van der Waals surface area contributed by atoms with Crippen molar-refractivity contribution in [1.82, 2.24) is 4.90 Å². The Labute approximate surface area is 145 Å². The van der Waals surface area contributed by atoms with Gasteiger partial charge in [0.2, 0.25) is 0 Å². The van der Waals surface area contributed by atoms with Crippen LogP contribution in [0.15, 0.2) is 42.5 Å². The summed E-state index contributed by atoms with van der Waals surface area (Å²) in [6.07, 6.45) is 0.874. The minimum atomic E-state index is -0.279. The lowest BCUT2D eigenvalue weighted by Gasteiger charge is -2.12. The van der Waals surface area contributed by atoms with Crippen molar-refractivity contribution in [3.63, 3.8) is 0 Å². The van der Waals surface area contributed by atoms with Crippen molar-refractivity contribution in [3.05, 3.63) is 58.1 Å². The van der Waals surface area contributed by atoms with E-state index in [-0.39, 0.29) is 12.1 Å². The molecule has 0 bridgehead atoms. The van der Waals surface area contributed by atoms with Crippen LogP contribution in [0.2, 0.25) is 10.0 Å². The predicted octanol–water partition coefficient (Wildman–Crippen LogP) is 4.52. The first-order valence-electron chi connectivity index (χ1n) is 7.48. The van der Waals surface area contributed by atoms with Crippen LogP contribution >= 0.6 is 23.2 Å². The highest BCUT2D eigenvalue weighted by Crippen LogP contribution is 2.30. The third-order valence-electron chi connectivity index (χ3n) is 3.98. The fourth-order valence-corrected chi connectivity index (χ4v) is 3.24. The molecule has 1 atom stereocenters. The minimum Gasteiger partial charge on any atom is -0.457 e. The molecule has 0 N–H and O–H groups in total. The Hall–Kier alpha value is -1.55. The van der Waals surface area contributed by atoms with Crippen LogP contribution in [0.4, 0.5) is 0 Å². The first kappa shape index (κ1) is 16.3. The van der Waals surface area contributed by atoms with Crippen molar-refractivity contribution in [3.8, 4) is 11.1 Å². The van der Waals surface area contributed by atoms with Gasteiger partial charge < -0.3 is 9.64 Å². The molecule has 1 fully saturated rings. The molecule has 1 heterocycles. The van der Waals surface area contributed by atoms with Gasteiger partial charge in [-0.1, -0.05) is 41.4 Å². The minimum absolute atomic E-state index is 0.0158. The molecule has 5 heteroatoms. The molecule has 0 aliphatic carbocycles. The first-order chi connectivity index (χ1) is 11.0. The van der Waals surface area contributed by atoms with Crippen molar-refractivity contribution in [1.29, 1.82) is 0 Å². The zero-order valence-corrected chi connectivity index (χ0v) is 14.3. The first-order valence-corrected chi connectivity index (χ1v) is 8.23. The summed E-state index contributed by atoms with van der Waals surface area (Å²) in [6.45, 7) is 1.76. The van der Waals surface area contributed by atoms with E-state index >= 15 is 0 Å². The number of carbonyl (C=O) groups excluding carboxylic acids is 1. The number of hydrogen-bond donors (Lipinski definition) is 0. The SMILES string of the molecule is CN1CCC(OC(=O)c2ccc(-c3ccc(Cl)cc3Cl)cc2)C1. The van der Waals surface area contributed by atoms with Crippen molar-refractivity contribution < 1.29 is 9.53 Å². The van der Waals surface area contributed by atoms with Crippen LogP contribution in [-0.4, -0.2) is 37.1 Å². The van der Waals surface area contributed by atoms with E-state index in [1.54, 1.807) is 24.3 Å². The van der Waals surface area contributed by atoms with E-state index in [1.165, 1.54) is 0 Å². The third-order valence-corrected chi connectivity index (χ3v) is 4.53. The molecule has 0 aromatic heterocycles. The molecule has 3 nitrogen and oxygen atoms in total. The van der Waals surface area contributed by atoms with Gasteiger partial charge in [-0.05, 0) is 43.3 Å². The average Bonchev–Trinajstić information content (AvgIpc) is 2.92. The summed E-state index contributed by atoms with van der Waals surface area (Å²) in [4.78, 5) is 14.3. The van der Waals surface area contributed by atoms with Crippen molar-refractivity contribution in [2.24, 2.45) is 0 Å². The maximum atomic E-state index is 12.2. The Morgan fingerprint density at radius 3 is 2.52 bits per heavy atom. The number of benzene rings is 2. The van der Waals surface area contributed by atoms with Gasteiger partial charge in [-0.3, -0.25) is 0 Å². The van der Waals surface area contributed by atoms with Gasteiger partial charge in [0.1, 0.15) is 6.10 Å². The largest absolute Gasteiger partial charge is 0.457 e. The lowest BCUT2D eigenvalue weighted by atomic mass is 10.0. The summed E-state index contributed by atoms with van der Waals surface area (Å²) in [7, 11) is 2.03. The van der Waals surface area contributed by atoms with Gasteiger partial charge in [0, 0.05) is 28.7 Å². The maximum absolute atomic E-state index is 12.2. The summed E-state index contributed by atoms with van der Waals surface area (Å²) < 4.78 is 5.53. The Bertz CT molecular complexity index is 715. The number of likely N-dealkylation sites (N-methyl/N-ethyl adjacent to an activating group) is 1. The lowest BCUT2D eigenvalue weighted by Crippen LogP contribution is -2.22. The summed E-state index contributed by atoms with van der Waals surface area (Å²) >= 11 is 12.1. The molecule has 2 aromatic carbocycles. The smallest absolute Gasteiger partial charge is 0.338 e. The van der Waals surface area contributed by atoms with E-state index in [4.69, 9.17) is 27.9 Å². The van der Waals surface area contributed by atoms with Gasteiger partial charge in [-0.2, -0.15) is 0 Å². The standard InChI is InChI=1S/C18H17Cl2NO2/c1-21-9-8-15(11-21)23-18(22)13-4-2-12(3-5-13)16-7-6-14(19)10-17(16)20/h2-7,10,15H,8-9,11H2,1H3. The Morgan fingerprint density at radius 1 is 1.17 bits per heavy atom. The molecule has 0 radical (unpaired) electrons. The van der Waals surface area contributed by atoms with Gasteiger partial charge in [-0.25, -0.2) is 4.79 Å². The van der Waals surface area contributed by atoms with Crippen molar-refractivity contribution >= 4 is 29.2 Å². The predicted molar refractivity (Wildman–Crippen MR) is 93.2 cm³/mol. The number of esters is 1. The van der Waals surface area contributed by atoms with Crippen LogP contribution in [0.5, 0.6) is 0 Å². The van der Waals surface area contributed by atoms with Crippen LogP contribution < -0.4 is 0 Å². The van der Waals surface area contributed by atoms with E-state index in [0.717, 1.165) is 30.6 Å². The van der Waals surface area contributed by atoms with Crippen LogP contribution in [0.1, 0.15) is 16.8 Å². The summed E-state index contributed by atoms with van der Waals surface area (Å²) in [5.74, 6) is -0.279. The normalized spacial score (nSPS) is 18.1. The quantitative estimate of drug-likeness (QED) is 0.763. The lowest BCUT2D eigenvalue weighted by molar-refractivity contribution is 0.0327. The summed E-state index contributed by atoms with van der Waals surface area (Å²) in [6, 6.07) is 12.6. The van der Waals surface area contributed by atoms with Crippen molar-refractivity contribution in [2.45, 2.75) is 12.5 Å². The zero-order valence-electron chi connectivity index (χ0n) is 12.8. The molecule has 120 valence electrons. The average molecular weight is 350 g/mol. The summed E-state index contributed by atoms with van der Waals surface area (Å²) in [5, 5.41) is 1.18. The molecule has 2 aromatic rings. The summed E-state index contributed by atoms with van der Waals surface area (Å²) in [5.41, 5.74) is 2.37. The van der Waals surface area contributed by atoms with Gasteiger partial charge >= 0.3 is 5.97 Å². The Kier molecular flexibility index (Phi) is 4.90. The number of rotatable bonds is 3. The van der Waals surface area contributed by atoms with E-state index in [0.29, 0.717) is 15.6 Å². The van der Waals surface area contributed by atoms with Gasteiger partial charge in [0.05, 0.1) is 5.56 Å². The maximum Gasteiger partial charge on any atom is 0.338 e. The molecule has 1 unspecified atom stereocenters. The molecule has 0 saturated carbocycles. The third kappa shape index (κ3) is 3.86. The number of nitrogens with zero attached hydrogens (tertiary/aromatic N) is 1. The number of ether oxygens (including phenoxy) is 1. The molecule has 0 amide bonds. The molecule has 1 aliphatic heterocycles. The Morgan fingerprint density at radius 2 is 1.91 bits per heavy atom. The van der Waals surface area contributed by atoms with Crippen LogP contribution in [0.25, 0.3) is 11.1 Å². The van der Waals surface area contributed by atoms with Crippen LogP contribution in [-0.2, 0) is 4.74 Å². The number of likely N-dealkylation sites (tertiary alicyclic amines) is 1. The topological polar surface area (TPSA) is 29.5 Å². The highest BCUT2D eigenvalue weighted by molar-refractivity contribution is 6.36. The van der Waals surface area contributed by atoms with Crippen LogP contribution in [0.3, 0.4) is 0 Å². The molecule has 1 saturated heterocycles. The van der Waals surface area contributed by atoms with Crippen molar-refractivity contribution in [2.75, 3.05) is 20.1 Å². The highest BCUT2D eigenvalue weighted by Gasteiger charge is 2.23. The molecule has 3 rings (SSSR count). The Balaban J connectivity index is 1.72. The highest BCUT2D eigenvalue weighted by atomic mass is 35.5. The van der Waals surface area contributed by atoms with Crippen LogP contribution in [0, 0.1) is 0 Å². The van der Waals surface area contributed by atoms with E-state index in [9.17, 15) is 4.79 Å². The molecule has 1 aliphatic rings.